The molecule has 1 aromatic rings. The van der Waals surface area contributed by atoms with E-state index in [1.165, 1.54) is 0 Å². The molecule has 0 fully saturated rings. The standard InChI is InChI=1S/C15H22N4O/c1-4-7-19(11-15(20)18-3)14-6-5-12(10-17-2)8-13(14)9-16/h5-6,8,17H,4,7,10-11H2,1-3H3,(H,18,20). The number of carbonyl (C=O) groups is 1. The second kappa shape index (κ2) is 8.18. The highest BCUT2D eigenvalue weighted by atomic mass is 16.1. The molecule has 1 aromatic carbocycles. The van der Waals surface area contributed by atoms with Crippen LogP contribution in [0.25, 0.3) is 0 Å². The largest absolute Gasteiger partial charge is 0.361 e. The van der Waals surface area contributed by atoms with Crippen molar-refractivity contribution in [1.82, 2.24) is 10.6 Å². The summed E-state index contributed by atoms with van der Waals surface area (Å²) < 4.78 is 0. The number of nitriles is 1. The molecule has 5 heteroatoms. The van der Waals surface area contributed by atoms with Crippen LogP contribution in [0, 0.1) is 11.3 Å². The van der Waals surface area contributed by atoms with Gasteiger partial charge in [-0.25, -0.2) is 0 Å². The van der Waals surface area contributed by atoms with E-state index in [2.05, 4.69) is 23.6 Å². The predicted octanol–water partition coefficient (Wildman–Crippen LogP) is 1.24. The Bertz CT molecular complexity index is 493. The molecule has 0 unspecified atom stereocenters. The zero-order valence-electron chi connectivity index (χ0n) is 12.4. The lowest BCUT2D eigenvalue weighted by molar-refractivity contribution is -0.119. The van der Waals surface area contributed by atoms with Crippen LogP contribution in [0.2, 0.25) is 0 Å². The fourth-order valence-corrected chi connectivity index (χ4v) is 2.07. The molecule has 0 bridgehead atoms. The Hall–Kier alpha value is -2.06. The number of hydrogen-bond donors (Lipinski definition) is 2. The molecule has 0 radical (unpaired) electrons. The van der Waals surface area contributed by atoms with E-state index in [0.29, 0.717) is 5.56 Å². The molecule has 108 valence electrons. The van der Waals surface area contributed by atoms with E-state index >= 15 is 0 Å². The van der Waals surface area contributed by atoms with Gasteiger partial charge in [0.2, 0.25) is 5.91 Å². The summed E-state index contributed by atoms with van der Waals surface area (Å²) in [7, 11) is 3.49. The van der Waals surface area contributed by atoms with Gasteiger partial charge in [-0.15, -0.1) is 0 Å². The summed E-state index contributed by atoms with van der Waals surface area (Å²) in [6.45, 7) is 3.79. The van der Waals surface area contributed by atoms with Crippen molar-refractivity contribution in [3.8, 4) is 6.07 Å². The van der Waals surface area contributed by atoms with Crippen LogP contribution in [0.5, 0.6) is 0 Å². The Morgan fingerprint density at radius 2 is 2.15 bits per heavy atom. The first-order valence-electron chi connectivity index (χ1n) is 6.79. The quantitative estimate of drug-likeness (QED) is 0.785. The van der Waals surface area contributed by atoms with Crippen LogP contribution < -0.4 is 15.5 Å². The lowest BCUT2D eigenvalue weighted by Crippen LogP contribution is -2.36. The monoisotopic (exact) mass is 274 g/mol. The van der Waals surface area contributed by atoms with E-state index in [1.54, 1.807) is 7.05 Å². The first kappa shape index (κ1) is 16.0. The summed E-state index contributed by atoms with van der Waals surface area (Å²) in [5.41, 5.74) is 2.48. The van der Waals surface area contributed by atoms with Crippen molar-refractivity contribution >= 4 is 11.6 Å². The second-order valence-electron chi connectivity index (χ2n) is 4.59. The van der Waals surface area contributed by atoms with Crippen molar-refractivity contribution in [2.75, 3.05) is 32.1 Å². The van der Waals surface area contributed by atoms with Crippen LogP contribution in [0.1, 0.15) is 24.5 Å². The minimum atomic E-state index is -0.0540. The summed E-state index contributed by atoms with van der Waals surface area (Å²) >= 11 is 0. The maximum atomic E-state index is 11.6. The van der Waals surface area contributed by atoms with Crippen LogP contribution in [-0.2, 0) is 11.3 Å². The molecule has 0 aliphatic rings. The van der Waals surface area contributed by atoms with Gasteiger partial charge in [0.15, 0.2) is 0 Å². The van der Waals surface area contributed by atoms with Gasteiger partial charge in [-0.05, 0) is 31.2 Å². The zero-order chi connectivity index (χ0) is 15.0. The average Bonchev–Trinajstić information content (AvgIpc) is 2.46. The third-order valence-corrected chi connectivity index (χ3v) is 3.01. The van der Waals surface area contributed by atoms with Crippen LogP contribution in [0.15, 0.2) is 18.2 Å². The minimum absolute atomic E-state index is 0.0540. The molecule has 1 amide bonds. The molecule has 0 saturated heterocycles. The number of nitrogens with one attached hydrogen (secondary N) is 2. The highest BCUT2D eigenvalue weighted by Gasteiger charge is 2.14. The van der Waals surface area contributed by atoms with Gasteiger partial charge in [-0.3, -0.25) is 4.79 Å². The Labute approximate surface area is 120 Å². The Balaban J connectivity index is 3.06. The molecule has 0 atom stereocenters. The molecule has 0 spiro atoms. The van der Waals surface area contributed by atoms with Gasteiger partial charge >= 0.3 is 0 Å². The number of benzene rings is 1. The van der Waals surface area contributed by atoms with E-state index in [9.17, 15) is 10.1 Å². The number of likely N-dealkylation sites (N-methyl/N-ethyl adjacent to an activating group) is 1. The van der Waals surface area contributed by atoms with E-state index in [-0.39, 0.29) is 12.5 Å². The SMILES string of the molecule is CCCN(CC(=O)NC)c1ccc(CNC)cc1C#N. The van der Waals surface area contributed by atoms with Gasteiger partial charge in [0.05, 0.1) is 17.8 Å². The van der Waals surface area contributed by atoms with E-state index in [4.69, 9.17) is 0 Å². The Morgan fingerprint density at radius 3 is 2.70 bits per heavy atom. The second-order valence-corrected chi connectivity index (χ2v) is 4.59. The summed E-state index contributed by atoms with van der Waals surface area (Å²) in [5.74, 6) is -0.0540. The molecular weight excluding hydrogens is 252 g/mol. The van der Waals surface area contributed by atoms with Crippen molar-refractivity contribution in [1.29, 1.82) is 5.26 Å². The lowest BCUT2D eigenvalue weighted by Gasteiger charge is -2.24. The molecule has 20 heavy (non-hydrogen) atoms. The van der Waals surface area contributed by atoms with Gasteiger partial charge in [-0.2, -0.15) is 5.26 Å². The first-order valence-corrected chi connectivity index (χ1v) is 6.79. The average molecular weight is 274 g/mol. The molecule has 0 heterocycles. The van der Waals surface area contributed by atoms with Crippen molar-refractivity contribution in [2.45, 2.75) is 19.9 Å². The van der Waals surface area contributed by atoms with Crippen LogP contribution >= 0.6 is 0 Å². The summed E-state index contributed by atoms with van der Waals surface area (Å²) in [6, 6.07) is 8.00. The fraction of sp³-hybridized carbons (Fsp3) is 0.467. The van der Waals surface area contributed by atoms with Crippen LogP contribution in [0.4, 0.5) is 5.69 Å². The molecule has 2 N–H and O–H groups in total. The van der Waals surface area contributed by atoms with Crippen LogP contribution in [0.3, 0.4) is 0 Å². The Kier molecular flexibility index (Phi) is 6.54. The van der Waals surface area contributed by atoms with Crippen molar-refractivity contribution < 1.29 is 4.79 Å². The highest BCUT2D eigenvalue weighted by molar-refractivity contribution is 5.81. The third kappa shape index (κ3) is 4.25. The first-order chi connectivity index (χ1) is 9.65. The van der Waals surface area contributed by atoms with Gasteiger partial charge in [0.1, 0.15) is 6.07 Å². The molecule has 0 aromatic heterocycles. The Morgan fingerprint density at radius 1 is 1.40 bits per heavy atom. The molecule has 0 saturated carbocycles. The van der Waals surface area contributed by atoms with E-state index in [1.807, 2.05) is 30.1 Å². The molecular formula is C15H22N4O. The summed E-state index contributed by atoms with van der Waals surface area (Å²) in [4.78, 5) is 13.5. The van der Waals surface area contributed by atoms with Crippen LogP contribution in [-0.4, -0.2) is 33.1 Å². The maximum Gasteiger partial charge on any atom is 0.239 e. The topological polar surface area (TPSA) is 68.2 Å². The molecule has 0 aliphatic heterocycles. The smallest absolute Gasteiger partial charge is 0.239 e. The predicted molar refractivity (Wildman–Crippen MR) is 80.5 cm³/mol. The van der Waals surface area contributed by atoms with Gasteiger partial charge in [0, 0.05) is 20.1 Å². The zero-order valence-corrected chi connectivity index (χ0v) is 12.4. The van der Waals surface area contributed by atoms with Gasteiger partial charge < -0.3 is 15.5 Å². The summed E-state index contributed by atoms with van der Waals surface area (Å²) in [5, 5.41) is 15.0. The maximum absolute atomic E-state index is 11.6. The number of carbonyl (C=O) groups excluding carboxylic acids is 1. The van der Waals surface area contributed by atoms with Gasteiger partial charge in [0.25, 0.3) is 0 Å². The molecule has 5 nitrogen and oxygen atoms in total. The number of anilines is 1. The number of nitrogens with zero attached hydrogens (tertiary/aromatic N) is 2. The molecule has 1 rings (SSSR count). The van der Waals surface area contributed by atoms with E-state index in [0.717, 1.165) is 30.8 Å². The van der Waals surface area contributed by atoms with Crippen molar-refractivity contribution in [2.24, 2.45) is 0 Å². The highest BCUT2D eigenvalue weighted by Crippen LogP contribution is 2.21. The number of amides is 1. The van der Waals surface area contributed by atoms with Crippen molar-refractivity contribution in [3.05, 3.63) is 29.3 Å². The lowest BCUT2D eigenvalue weighted by atomic mass is 10.1. The van der Waals surface area contributed by atoms with Crippen molar-refractivity contribution in [3.63, 3.8) is 0 Å². The van der Waals surface area contributed by atoms with E-state index < -0.39 is 0 Å². The normalized spacial score (nSPS) is 9.90. The number of rotatable bonds is 7. The minimum Gasteiger partial charge on any atom is -0.361 e. The molecule has 0 aliphatic carbocycles. The third-order valence-electron chi connectivity index (χ3n) is 3.01. The van der Waals surface area contributed by atoms with Gasteiger partial charge in [-0.1, -0.05) is 13.0 Å². The fourth-order valence-electron chi connectivity index (χ4n) is 2.07. The number of hydrogen-bond acceptors (Lipinski definition) is 4. The summed E-state index contributed by atoms with van der Waals surface area (Å²) in [6.07, 6.45) is 0.917.